The zero-order valence-electron chi connectivity index (χ0n) is 13.3. The number of ether oxygens (including phenoxy) is 1. The third-order valence-electron chi connectivity index (χ3n) is 3.43. The SMILES string of the molecule is CCOCC(NS(=O)(=O)c1cc(CN)n(CC)c1)C(C)C. The van der Waals surface area contributed by atoms with Crippen LogP contribution in [-0.4, -0.2) is 32.2 Å². The molecule has 0 saturated heterocycles. The highest BCUT2D eigenvalue weighted by Crippen LogP contribution is 2.16. The predicted octanol–water partition coefficient (Wildman–Crippen LogP) is 1.31. The molecule has 1 heterocycles. The first-order chi connectivity index (χ1) is 9.85. The van der Waals surface area contributed by atoms with Crippen molar-refractivity contribution in [2.45, 2.75) is 51.7 Å². The average molecular weight is 317 g/mol. The summed E-state index contributed by atoms with van der Waals surface area (Å²) in [7, 11) is -3.56. The van der Waals surface area contributed by atoms with Gasteiger partial charge >= 0.3 is 0 Å². The molecule has 0 aliphatic rings. The van der Waals surface area contributed by atoms with E-state index in [1.54, 1.807) is 12.3 Å². The quantitative estimate of drug-likeness (QED) is 0.719. The van der Waals surface area contributed by atoms with Crippen molar-refractivity contribution in [2.24, 2.45) is 11.7 Å². The Balaban J connectivity index is 2.96. The van der Waals surface area contributed by atoms with Gasteiger partial charge in [0.05, 0.1) is 11.5 Å². The van der Waals surface area contributed by atoms with E-state index in [0.29, 0.717) is 26.3 Å². The van der Waals surface area contributed by atoms with Gasteiger partial charge in [0.15, 0.2) is 0 Å². The maximum absolute atomic E-state index is 12.5. The molecule has 0 aliphatic heterocycles. The Morgan fingerprint density at radius 1 is 1.38 bits per heavy atom. The van der Waals surface area contributed by atoms with Gasteiger partial charge in [0.2, 0.25) is 10.0 Å². The van der Waals surface area contributed by atoms with E-state index >= 15 is 0 Å². The summed E-state index contributed by atoms with van der Waals surface area (Å²) in [4.78, 5) is 0.256. The number of nitrogens with one attached hydrogen (secondary N) is 1. The molecular weight excluding hydrogens is 290 g/mol. The number of sulfonamides is 1. The van der Waals surface area contributed by atoms with E-state index in [9.17, 15) is 8.42 Å². The lowest BCUT2D eigenvalue weighted by atomic mass is 10.1. The lowest BCUT2D eigenvalue weighted by Gasteiger charge is -2.21. The molecular formula is C14H27N3O3S. The average Bonchev–Trinajstić information content (AvgIpc) is 2.87. The fourth-order valence-corrected chi connectivity index (χ4v) is 3.45. The second kappa shape index (κ2) is 7.93. The van der Waals surface area contributed by atoms with E-state index in [1.165, 1.54) is 0 Å². The molecule has 1 atom stereocenters. The predicted molar refractivity (Wildman–Crippen MR) is 83.4 cm³/mol. The van der Waals surface area contributed by atoms with Crippen molar-refractivity contribution in [3.05, 3.63) is 18.0 Å². The fourth-order valence-electron chi connectivity index (χ4n) is 2.01. The fraction of sp³-hybridized carbons (Fsp3) is 0.714. The zero-order valence-corrected chi connectivity index (χ0v) is 14.1. The molecule has 1 rings (SSSR count). The topological polar surface area (TPSA) is 86.3 Å². The van der Waals surface area contributed by atoms with Gasteiger partial charge in [-0.2, -0.15) is 0 Å². The molecule has 1 aromatic rings. The van der Waals surface area contributed by atoms with Gasteiger partial charge in [-0.15, -0.1) is 0 Å². The molecule has 7 heteroatoms. The van der Waals surface area contributed by atoms with Crippen LogP contribution in [0.25, 0.3) is 0 Å². The van der Waals surface area contributed by atoms with Crippen molar-refractivity contribution in [2.75, 3.05) is 13.2 Å². The Kier molecular flexibility index (Phi) is 6.86. The van der Waals surface area contributed by atoms with Crippen LogP contribution in [-0.2, 0) is 27.8 Å². The minimum atomic E-state index is -3.56. The zero-order chi connectivity index (χ0) is 16.0. The smallest absolute Gasteiger partial charge is 0.242 e. The molecule has 3 N–H and O–H groups in total. The molecule has 1 unspecified atom stereocenters. The van der Waals surface area contributed by atoms with Gasteiger partial charge in [-0.05, 0) is 25.8 Å². The number of hydrogen-bond donors (Lipinski definition) is 2. The Morgan fingerprint density at radius 2 is 2.05 bits per heavy atom. The van der Waals surface area contributed by atoms with Crippen LogP contribution < -0.4 is 10.5 Å². The molecule has 122 valence electrons. The maximum Gasteiger partial charge on any atom is 0.242 e. The van der Waals surface area contributed by atoms with E-state index in [-0.39, 0.29) is 16.9 Å². The van der Waals surface area contributed by atoms with Gasteiger partial charge in [-0.25, -0.2) is 13.1 Å². The number of aromatic nitrogens is 1. The van der Waals surface area contributed by atoms with Crippen molar-refractivity contribution in [1.82, 2.24) is 9.29 Å². The first-order valence-electron chi connectivity index (χ1n) is 7.34. The number of nitrogens with two attached hydrogens (primary N) is 1. The molecule has 0 saturated carbocycles. The highest BCUT2D eigenvalue weighted by molar-refractivity contribution is 7.89. The molecule has 21 heavy (non-hydrogen) atoms. The van der Waals surface area contributed by atoms with Gasteiger partial charge in [0, 0.05) is 37.6 Å². The summed E-state index contributed by atoms with van der Waals surface area (Å²) >= 11 is 0. The molecule has 6 nitrogen and oxygen atoms in total. The van der Waals surface area contributed by atoms with E-state index in [0.717, 1.165) is 5.69 Å². The van der Waals surface area contributed by atoms with Crippen LogP contribution in [0.2, 0.25) is 0 Å². The summed E-state index contributed by atoms with van der Waals surface area (Å²) in [6.45, 7) is 9.71. The van der Waals surface area contributed by atoms with E-state index < -0.39 is 10.0 Å². The van der Waals surface area contributed by atoms with Crippen LogP contribution in [0.5, 0.6) is 0 Å². The molecule has 0 aliphatic carbocycles. The molecule has 0 fully saturated rings. The highest BCUT2D eigenvalue weighted by atomic mass is 32.2. The Morgan fingerprint density at radius 3 is 2.48 bits per heavy atom. The van der Waals surface area contributed by atoms with Gasteiger partial charge in [0.1, 0.15) is 0 Å². The molecule has 0 bridgehead atoms. The van der Waals surface area contributed by atoms with Crippen LogP contribution in [0.1, 0.15) is 33.4 Å². The summed E-state index contributed by atoms with van der Waals surface area (Å²) in [6.07, 6.45) is 1.63. The van der Waals surface area contributed by atoms with Crippen LogP contribution in [0.4, 0.5) is 0 Å². The molecule has 0 aromatic carbocycles. The van der Waals surface area contributed by atoms with Crippen LogP contribution in [0.3, 0.4) is 0 Å². The Bertz CT molecular complexity index is 516. The number of rotatable bonds is 9. The van der Waals surface area contributed by atoms with Gasteiger partial charge in [-0.3, -0.25) is 0 Å². The third-order valence-corrected chi connectivity index (χ3v) is 4.89. The van der Waals surface area contributed by atoms with Crippen LogP contribution in [0, 0.1) is 5.92 Å². The number of hydrogen-bond acceptors (Lipinski definition) is 4. The lowest BCUT2D eigenvalue weighted by Crippen LogP contribution is -2.41. The molecule has 0 spiro atoms. The van der Waals surface area contributed by atoms with Crippen molar-refractivity contribution in [3.8, 4) is 0 Å². The monoisotopic (exact) mass is 317 g/mol. The molecule has 1 aromatic heterocycles. The second-order valence-corrected chi connectivity index (χ2v) is 7.00. The Hall–Kier alpha value is -0.890. The Labute approximate surface area is 127 Å². The maximum atomic E-state index is 12.5. The van der Waals surface area contributed by atoms with Crippen LogP contribution >= 0.6 is 0 Å². The van der Waals surface area contributed by atoms with E-state index in [4.69, 9.17) is 10.5 Å². The first-order valence-corrected chi connectivity index (χ1v) is 8.83. The number of aryl methyl sites for hydroxylation is 1. The highest BCUT2D eigenvalue weighted by Gasteiger charge is 2.24. The van der Waals surface area contributed by atoms with Crippen molar-refractivity contribution >= 4 is 10.0 Å². The minimum absolute atomic E-state index is 0.147. The van der Waals surface area contributed by atoms with E-state index in [1.807, 2.05) is 32.3 Å². The summed E-state index contributed by atoms with van der Waals surface area (Å²) < 4.78 is 34.9. The van der Waals surface area contributed by atoms with E-state index in [2.05, 4.69) is 4.72 Å². The third kappa shape index (κ3) is 4.81. The van der Waals surface area contributed by atoms with Crippen molar-refractivity contribution in [3.63, 3.8) is 0 Å². The lowest BCUT2D eigenvalue weighted by molar-refractivity contribution is 0.116. The normalized spacial score (nSPS) is 13.8. The first kappa shape index (κ1) is 18.2. The minimum Gasteiger partial charge on any atom is -0.380 e. The van der Waals surface area contributed by atoms with Crippen molar-refractivity contribution in [1.29, 1.82) is 0 Å². The second-order valence-electron chi connectivity index (χ2n) is 5.29. The number of nitrogens with zero attached hydrogens (tertiary/aromatic N) is 1. The van der Waals surface area contributed by atoms with Gasteiger partial charge < -0.3 is 15.0 Å². The largest absolute Gasteiger partial charge is 0.380 e. The molecule has 0 amide bonds. The summed E-state index contributed by atoms with van der Waals surface area (Å²) in [5.41, 5.74) is 6.45. The van der Waals surface area contributed by atoms with Gasteiger partial charge in [0.25, 0.3) is 0 Å². The molecule has 0 radical (unpaired) electrons. The van der Waals surface area contributed by atoms with Crippen LogP contribution in [0.15, 0.2) is 17.2 Å². The standard InChI is InChI=1S/C14H27N3O3S/c1-5-17-9-13(7-12(17)8-15)21(18,19)16-14(11(3)4)10-20-6-2/h7,9,11,14,16H,5-6,8,10,15H2,1-4H3. The van der Waals surface area contributed by atoms with Crippen molar-refractivity contribution < 1.29 is 13.2 Å². The summed E-state index contributed by atoms with van der Waals surface area (Å²) in [5.74, 6) is 0.147. The van der Waals surface area contributed by atoms with Gasteiger partial charge in [-0.1, -0.05) is 13.8 Å². The summed E-state index contributed by atoms with van der Waals surface area (Å²) in [6, 6.07) is 1.38. The summed E-state index contributed by atoms with van der Waals surface area (Å²) in [5, 5.41) is 0.